The third-order valence-electron chi connectivity index (χ3n) is 2.95. The maximum Gasteiger partial charge on any atom is 0.131 e. The lowest BCUT2D eigenvalue weighted by Crippen LogP contribution is -2.07. The van der Waals surface area contributed by atoms with Crippen LogP contribution in [0.1, 0.15) is 29.7 Å². The van der Waals surface area contributed by atoms with Crippen molar-refractivity contribution in [1.29, 1.82) is 5.26 Å². The number of rotatable bonds is 4. The summed E-state index contributed by atoms with van der Waals surface area (Å²) in [7, 11) is 0. The second-order valence-corrected chi connectivity index (χ2v) is 4.72. The molecule has 3 nitrogen and oxygen atoms in total. The molecule has 0 saturated heterocycles. The summed E-state index contributed by atoms with van der Waals surface area (Å²) < 4.78 is 32.4. The van der Waals surface area contributed by atoms with Crippen LogP contribution in [0.25, 0.3) is 0 Å². The largest absolute Gasteiger partial charge is 0.489 e. The van der Waals surface area contributed by atoms with Crippen LogP contribution in [0.15, 0.2) is 36.4 Å². The standard InChI is InChI=1S/C16H14F2N2O/c1-10(20)15-3-2-14(7-16(15)18)21-9-12-4-11(8-19)5-13(17)6-12/h2-7,10H,9,20H2,1H3. The summed E-state index contributed by atoms with van der Waals surface area (Å²) >= 11 is 0. The Hall–Kier alpha value is -2.45. The molecule has 1 atom stereocenters. The molecule has 108 valence electrons. The van der Waals surface area contributed by atoms with Crippen molar-refractivity contribution in [2.24, 2.45) is 5.73 Å². The molecular formula is C16H14F2N2O. The van der Waals surface area contributed by atoms with Gasteiger partial charge in [-0.25, -0.2) is 8.78 Å². The Morgan fingerprint density at radius 2 is 2.00 bits per heavy atom. The van der Waals surface area contributed by atoms with Crippen LogP contribution in [0.2, 0.25) is 0 Å². The zero-order chi connectivity index (χ0) is 15.4. The summed E-state index contributed by atoms with van der Waals surface area (Å²) in [6.07, 6.45) is 0. The van der Waals surface area contributed by atoms with Gasteiger partial charge in [0, 0.05) is 17.7 Å². The second kappa shape index (κ2) is 6.33. The summed E-state index contributed by atoms with van der Waals surface area (Å²) in [5.41, 5.74) is 6.75. The van der Waals surface area contributed by atoms with Gasteiger partial charge in [-0.3, -0.25) is 0 Å². The molecule has 21 heavy (non-hydrogen) atoms. The monoisotopic (exact) mass is 288 g/mol. The minimum absolute atomic E-state index is 0.0450. The summed E-state index contributed by atoms with van der Waals surface area (Å²) in [6, 6.07) is 9.80. The maximum absolute atomic E-state index is 13.7. The lowest BCUT2D eigenvalue weighted by Gasteiger charge is -2.10. The lowest BCUT2D eigenvalue weighted by atomic mass is 10.1. The van der Waals surface area contributed by atoms with Gasteiger partial charge in [-0.2, -0.15) is 5.26 Å². The first-order chi connectivity index (χ1) is 9.99. The Morgan fingerprint density at radius 3 is 2.62 bits per heavy atom. The van der Waals surface area contributed by atoms with Gasteiger partial charge in [0.25, 0.3) is 0 Å². The van der Waals surface area contributed by atoms with Crippen LogP contribution >= 0.6 is 0 Å². The molecule has 0 bridgehead atoms. The van der Waals surface area contributed by atoms with Gasteiger partial charge >= 0.3 is 0 Å². The molecule has 2 aromatic rings. The average molecular weight is 288 g/mol. The van der Waals surface area contributed by atoms with Crippen LogP contribution in [0.4, 0.5) is 8.78 Å². The van der Waals surface area contributed by atoms with Crippen LogP contribution in [-0.4, -0.2) is 0 Å². The number of ether oxygens (including phenoxy) is 1. The Kier molecular flexibility index (Phi) is 4.51. The van der Waals surface area contributed by atoms with Crippen molar-refractivity contribution in [2.45, 2.75) is 19.6 Å². The molecule has 2 rings (SSSR count). The van der Waals surface area contributed by atoms with E-state index in [9.17, 15) is 8.78 Å². The van der Waals surface area contributed by atoms with E-state index in [0.29, 0.717) is 16.9 Å². The topological polar surface area (TPSA) is 59.0 Å². The highest BCUT2D eigenvalue weighted by molar-refractivity contribution is 5.34. The molecule has 0 aliphatic rings. The van der Waals surface area contributed by atoms with Gasteiger partial charge in [-0.15, -0.1) is 0 Å². The number of benzene rings is 2. The van der Waals surface area contributed by atoms with E-state index in [1.807, 2.05) is 6.07 Å². The van der Waals surface area contributed by atoms with Gasteiger partial charge in [0.05, 0.1) is 11.6 Å². The molecule has 1 unspecified atom stereocenters. The Labute approximate surface area is 121 Å². The fourth-order valence-corrected chi connectivity index (χ4v) is 1.93. The quantitative estimate of drug-likeness (QED) is 0.937. The van der Waals surface area contributed by atoms with Crippen LogP contribution in [0, 0.1) is 23.0 Å². The van der Waals surface area contributed by atoms with Gasteiger partial charge in [0.2, 0.25) is 0 Å². The summed E-state index contributed by atoms with van der Waals surface area (Å²) in [6.45, 7) is 1.73. The zero-order valence-corrected chi connectivity index (χ0v) is 11.4. The van der Waals surface area contributed by atoms with Crippen LogP contribution in [-0.2, 0) is 6.61 Å². The molecule has 0 amide bonds. The molecule has 0 spiro atoms. The van der Waals surface area contributed by atoms with Gasteiger partial charge in [0.1, 0.15) is 24.0 Å². The predicted octanol–water partition coefficient (Wildman–Crippen LogP) is 3.44. The highest BCUT2D eigenvalue weighted by Crippen LogP contribution is 2.21. The number of halogens is 2. The van der Waals surface area contributed by atoms with Gasteiger partial charge in [-0.05, 0) is 36.8 Å². The fraction of sp³-hybridized carbons (Fsp3) is 0.188. The van der Waals surface area contributed by atoms with Crippen LogP contribution in [0.5, 0.6) is 5.75 Å². The minimum Gasteiger partial charge on any atom is -0.489 e. The predicted molar refractivity (Wildman–Crippen MR) is 74.4 cm³/mol. The third-order valence-corrected chi connectivity index (χ3v) is 2.95. The highest BCUT2D eigenvalue weighted by Gasteiger charge is 2.08. The first-order valence-corrected chi connectivity index (χ1v) is 6.37. The molecule has 0 aliphatic carbocycles. The SMILES string of the molecule is CC(N)c1ccc(OCc2cc(F)cc(C#N)c2)cc1F. The number of hydrogen-bond donors (Lipinski definition) is 1. The van der Waals surface area contributed by atoms with E-state index in [0.717, 1.165) is 6.07 Å². The molecule has 0 fully saturated rings. The van der Waals surface area contributed by atoms with Crippen molar-refractivity contribution in [3.05, 3.63) is 64.7 Å². The van der Waals surface area contributed by atoms with Crippen LogP contribution < -0.4 is 10.5 Å². The van der Waals surface area contributed by atoms with Crippen LogP contribution in [0.3, 0.4) is 0 Å². The summed E-state index contributed by atoms with van der Waals surface area (Å²) in [5.74, 6) is -0.634. The molecule has 0 radical (unpaired) electrons. The number of nitrogens with zero attached hydrogens (tertiary/aromatic N) is 1. The Balaban J connectivity index is 2.12. The molecular weight excluding hydrogens is 274 g/mol. The van der Waals surface area contributed by atoms with E-state index < -0.39 is 17.7 Å². The molecule has 0 heterocycles. The number of hydrogen-bond acceptors (Lipinski definition) is 3. The molecule has 0 saturated carbocycles. The second-order valence-electron chi connectivity index (χ2n) is 4.72. The zero-order valence-electron chi connectivity index (χ0n) is 11.4. The Bertz CT molecular complexity index is 693. The normalized spacial score (nSPS) is 11.8. The van der Waals surface area contributed by atoms with Crippen molar-refractivity contribution >= 4 is 0 Å². The van der Waals surface area contributed by atoms with Gasteiger partial charge < -0.3 is 10.5 Å². The molecule has 0 aliphatic heterocycles. The molecule has 5 heteroatoms. The summed E-state index contributed by atoms with van der Waals surface area (Å²) in [5, 5.41) is 8.77. The fourth-order valence-electron chi connectivity index (χ4n) is 1.93. The Morgan fingerprint density at radius 1 is 1.24 bits per heavy atom. The third kappa shape index (κ3) is 3.77. The van der Waals surface area contributed by atoms with Crippen molar-refractivity contribution in [3.8, 4) is 11.8 Å². The first kappa shape index (κ1) is 14.9. The molecule has 2 N–H and O–H groups in total. The minimum atomic E-state index is -0.508. The maximum atomic E-state index is 13.7. The highest BCUT2D eigenvalue weighted by atomic mass is 19.1. The number of nitrogens with two attached hydrogens (primary N) is 1. The van der Waals surface area contributed by atoms with Gasteiger partial charge in [0.15, 0.2) is 0 Å². The van der Waals surface area contributed by atoms with E-state index in [4.69, 9.17) is 15.7 Å². The van der Waals surface area contributed by atoms with Crippen molar-refractivity contribution in [3.63, 3.8) is 0 Å². The lowest BCUT2D eigenvalue weighted by molar-refractivity contribution is 0.303. The smallest absolute Gasteiger partial charge is 0.131 e. The van der Waals surface area contributed by atoms with E-state index in [-0.39, 0.29) is 12.2 Å². The first-order valence-electron chi connectivity index (χ1n) is 6.37. The van der Waals surface area contributed by atoms with Crippen molar-refractivity contribution < 1.29 is 13.5 Å². The van der Waals surface area contributed by atoms with Crippen molar-refractivity contribution in [1.82, 2.24) is 0 Å². The average Bonchev–Trinajstić information content (AvgIpc) is 2.44. The summed E-state index contributed by atoms with van der Waals surface area (Å²) in [4.78, 5) is 0. The van der Waals surface area contributed by atoms with E-state index in [1.54, 1.807) is 19.1 Å². The van der Waals surface area contributed by atoms with Crippen molar-refractivity contribution in [2.75, 3.05) is 0 Å². The van der Waals surface area contributed by atoms with Gasteiger partial charge in [-0.1, -0.05) is 6.07 Å². The van der Waals surface area contributed by atoms with E-state index >= 15 is 0 Å². The number of nitriles is 1. The molecule has 2 aromatic carbocycles. The van der Waals surface area contributed by atoms with E-state index in [1.165, 1.54) is 18.2 Å². The van der Waals surface area contributed by atoms with E-state index in [2.05, 4.69) is 0 Å². The molecule has 0 aromatic heterocycles.